The van der Waals surface area contributed by atoms with Gasteiger partial charge in [-0.15, -0.1) is 0 Å². The zero-order chi connectivity index (χ0) is 49.2. The molecule has 3 aliphatic rings. The molecule has 14 nitrogen and oxygen atoms in total. The summed E-state index contributed by atoms with van der Waals surface area (Å²) in [4.78, 5) is 74.1. The predicted octanol–water partition coefficient (Wildman–Crippen LogP) is 6.75. The van der Waals surface area contributed by atoms with Crippen molar-refractivity contribution in [1.29, 1.82) is 0 Å². The van der Waals surface area contributed by atoms with Crippen LogP contribution >= 0.6 is 40.5 Å². The van der Waals surface area contributed by atoms with Crippen LogP contribution in [0.3, 0.4) is 0 Å². The molecule has 6 bridgehead atoms. The Balaban J connectivity index is 0.00000365. The number of rotatable bonds is 10. The minimum Gasteiger partial charge on any atom is -0.508 e. The Morgan fingerprint density at radius 1 is 0.986 bits per heavy atom. The minimum absolute atomic E-state index is 0. The van der Waals surface area contributed by atoms with Crippen molar-refractivity contribution in [2.24, 2.45) is 11.3 Å². The summed E-state index contributed by atoms with van der Waals surface area (Å²) in [5, 5.41) is 16.6. The zero-order valence-corrected chi connectivity index (χ0v) is 45.4. The summed E-state index contributed by atoms with van der Waals surface area (Å²) < 4.78 is 24.9. The quantitative estimate of drug-likeness (QED) is 0.116. The van der Waals surface area contributed by atoms with E-state index < -0.39 is 58.8 Å². The third kappa shape index (κ3) is 12.8. The Morgan fingerprint density at radius 3 is 2.32 bits per heavy atom. The van der Waals surface area contributed by atoms with Gasteiger partial charge in [-0.05, 0) is 104 Å². The van der Waals surface area contributed by atoms with Crippen LogP contribution < -0.4 is 10.7 Å². The normalized spacial score (nSPS) is 19.3. The molecule has 2 saturated heterocycles. The number of benzene rings is 3. The van der Waals surface area contributed by atoms with Gasteiger partial charge in [-0.2, -0.15) is 40.5 Å². The number of hydrogen-bond donors (Lipinski definition) is 3. The number of aryl methyl sites for hydroxylation is 1. The molecule has 0 unspecified atom stereocenters. The van der Waals surface area contributed by atoms with Crippen LogP contribution in [0.5, 0.6) is 5.75 Å². The fourth-order valence-corrected chi connectivity index (χ4v) is 10.3. The summed E-state index contributed by atoms with van der Waals surface area (Å²) in [6.07, 6.45) is 2.08. The lowest BCUT2D eigenvalue weighted by atomic mass is 9.84. The second-order valence-corrected chi connectivity index (χ2v) is 20.2. The number of carbonyl (C=O) groups excluding carboxylic acids is 5. The van der Waals surface area contributed by atoms with Crippen LogP contribution in [0.2, 0.25) is 0 Å². The topological polar surface area (TPSA) is 157 Å². The summed E-state index contributed by atoms with van der Waals surface area (Å²) in [7, 11) is 5.50. The third-order valence-electron chi connectivity index (χ3n) is 13.7. The fraction of sp³-hybridized carbons (Fsp3) is 0.491. The van der Waals surface area contributed by atoms with Crippen LogP contribution in [0.1, 0.15) is 77.0 Å². The SMILES string of the molecule is C=CC(=O)N1CCC(F)(C(=O)N(C)[C@H](C(=O)N[C@H]2Cc3cc(O)cc(c3)-c3ccc4c(c3)c(c(-c3ccccc3CN(C)C)n4CC)CC(C)(C)COC(=O)[C@@H]3CCCN(N3)C2=O)C(C)C)CC1.S.S.S. The molecule has 1 aromatic heterocycles. The van der Waals surface area contributed by atoms with Crippen molar-refractivity contribution in [1.82, 2.24) is 35.0 Å². The number of fused-ring (bicyclic) bond motifs is 6. The Kier molecular flexibility index (Phi) is 19.9. The number of phenols is 1. The van der Waals surface area contributed by atoms with Gasteiger partial charge in [-0.25, -0.2) is 9.82 Å². The first-order valence-electron chi connectivity index (χ1n) is 23.9. The number of aromatic nitrogens is 1. The highest BCUT2D eigenvalue weighted by atomic mass is 32.1. The smallest absolute Gasteiger partial charge is 0.324 e. The average molecular weight is 1040 g/mol. The Morgan fingerprint density at radius 2 is 1.68 bits per heavy atom. The van der Waals surface area contributed by atoms with Crippen molar-refractivity contribution in [3.8, 4) is 28.1 Å². The standard InChI is InChI=1S/C53H68FN7O7.3H2S/c1-10-45(63)59-23-20-53(54,21-24-59)51(67)58(9)46(33(3)4)48(64)55-43-27-34-25-37(28-38(62)26-34)35-18-19-44-40(29-35)41(47(60(44)11-2)39-16-13-12-15-36(39)31-57(7)8)30-52(5,6)32-68-50(66)42-17-14-22-61(56-42)49(43)65;;;/h10,12-13,15-16,18-19,25-26,28-29,33,42-43,46,56,62H,1,11,14,17,20-24,27,30-32H2,2-9H3,(H,55,64);3*1H2/t42-,43-,46-;;;/m0.../s1. The third-order valence-corrected chi connectivity index (χ3v) is 13.7. The fourth-order valence-electron chi connectivity index (χ4n) is 10.3. The van der Waals surface area contributed by atoms with Gasteiger partial charge in [0, 0.05) is 80.9 Å². The van der Waals surface area contributed by atoms with Gasteiger partial charge in [-0.1, -0.05) is 70.7 Å². The van der Waals surface area contributed by atoms with E-state index in [0.717, 1.165) is 50.8 Å². The highest BCUT2D eigenvalue weighted by molar-refractivity contribution is 7.59. The molecule has 71 heavy (non-hydrogen) atoms. The van der Waals surface area contributed by atoms with Gasteiger partial charge >= 0.3 is 5.97 Å². The number of alkyl halides is 1. The lowest BCUT2D eigenvalue weighted by Crippen LogP contribution is -2.63. The molecule has 18 heteroatoms. The van der Waals surface area contributed by atoms with E-state index >= 15 is 4.39 Å². The van der Waals surface area contributed by atoms with Gasteiger partial charge in [0.2, 0.25) is 11.8 Å². The molecule has 3 aromatic carbocycles. The number of ether oxygens (including phenoxy) is 1. The number of amides is 4. The summed E-state index contributed by atoms with van der Waals surface area (Å²) in [6.45, 7) is 15.1. The van der Waals surface area contributed by atoms with E-state index in [1.165, 1.54) is 22.5 Å². The maximum absolute atomic E-state index is 16.4. The van der Waals surface area contributed by atoms with E-state index in [2.05, 4.69) is 98.1 Å². The Labute approximate surface area is 439 Å². The molecule has 3 atom stereocenters. The summed E-state index contributed by atoms with van der Waals surface area (Å²) in [5.74, 6) is -3.46. The number of carbonyl (C=O) groups is 5. The van der Waals surface area contributed by atoms with Gasteiger partial charge in [0.25, 0.3) is 11.8 Å². The first kappa shape index (κ1) is 58.6. The first-order valence-corrected chi connectivity index (χ1v) is 23.9. The zero-order valence-electron chi connectivity index (χ0n) is 42.4. The van der Waals surface area contributed by atoms with E-state index in [-0.39, 0.29) is 97.6 Å². The molecule has 4 amide bonds. The number of halogens is 1. The number of piperidine rings is 1. The second-order valence-electron chi connectivity index (χ2n) is 20.2. The summed E-state index contributed by atoms with van der Waals surface area (Å²) in [6, 6.07) is 16.6. The van der Waals surface area contributed by atoms with Crippen molar-refractivity contribution in [3.05, 3.63) is 90.0 Å². The summed E-state index contributed by atoms with van der Waals surface area (Å²) >= 11 is 0. The van der Waals surface area contributed by atoms with Crippen LogP contribution in [-0.2, 0) is 54.6 Å². The van der Waals surface area contributed by atoms with Crippen molar-refractivity contribution >= 4 is 81.0 Å². The van der Waals surface area contributed by atoms with Crippen LogP contribution in [0.25, 0.3) is 33.3 Å². The molecule has 3 aliphatic heterocycles. The monoisotopic (exact) mass is 1040 g/mol. The van der Waals surface area contributed by atoms with E-state index in [4.69, 9.17) is 4.74 Å². The lowest BCUT2D eigenvalue weighted by Gasteiger charge is -2.40. The van der Waals surface area contributed by atoms with Crippen molar-refractivity contribution < 1.29 is 38.2 Å². The number of likely N-dealkylation sites (tertiary alicyclic amines) is 1. The number of nitrogens with zero attached hydrogens (tertiary/aromatic N) is 5. The molecule has 0 saturated carbocycles. The number of aromatic hydroxyl groups is 1. The number of hydrazine groups is 1. The van der Waals surface area contributed by atoms with Crippen molar-refractivity contribution in [2.45, 2.75) is 110 Å². The molecule has 2 fully saturated rings. The molecule has 3 N–H and O–H groups in total. The van der Waals surface area contributed by atoms with E-state index in [9.17, 15) is 29.1 Å². The van der Waals surface area contributed by atoms with Crippen LogP contribution in [0.4, 0.5) is 4.39 Å². The molecule has 4 aromatic rings. The Hall–Kier alpha value is -5.01. The highest BCUT2D eigenvalue weighted by Gasteiger charge is 2.47. The molecule has 7 rings (SSSR count). The molecule has 4 heterocycles. The van der Waals surface area contributed by atoms with Crippen LogP contribution in [0.15, 0.2) is 73.3 Å². The first-order chi connectivity index (χ1) is 32.2. The average Bonchev–Trinajstić information content (AvgIpc) is 3.60. The number of cyclic esters (lactones) is 1. The minimum atomic E-state index is -2.31. The van der Waals surface area contributed by atoms with E-state index in [1.54, 1.807) is 26.0 Å². The van der Waals surface area contributed by atoms with E-state index in [0.29, 0.717) is 36.9 Å². The molecule has 0 spiro atoms. The number of hydrogen-bond acceptors (Lipinski definition) is 9. The predicted molar refractivity (Wildman–Crippen MR) is 292 cm³/mol. The number of esters is 1. The number of phenolic OH excluding ortho intramolecular Hbond substituents is 1. The molecule has 0 aliphatic carbocycles. The van der Waals surface area contributed by atoms with Gasteiger partial charge in [0.1, 0.15) is 23.9 Å². The maximum Gasteiger partial charge on any atom is 0.324 e. The van der Waals surface area contributed by atoms with Gasteiger partial charge in [-0.3, -0.25) is 29.0 Å². The summed E-state index contributed by atoms with van der Waals surface area (Å²) in [5.41, 5.74) is 7.89. The highest BCUT2D eigenvalue weighted by Crippen LogP contribution is 2.42. The second kappa shape index (κ2) is 24.1. The van der Waals surface area contributed by atoms with Gasteiger partial charge in [0.05, 0.1) is 12.3 Å². The number of nitrogens with one attached hydrogen (secondary N) is 2. The van der Waals surface area contributed by atoms with E-state index in [1.807, 2.05) is 12.1 Å². The molecular formula is C53H74FN7O7S3. The van der Waals surface area contributed by atoms with Gasteiger partial charge < -0.3 is 34.4 Å². The van der Waals surface area contributed by atoms with Crippen LogP contribution in [-0.4, -0.2) is 130 Å². The van der Waals surface area contributed by atoms with Crippen molar-refractivity contribution in [3.63, 3.8) is 0 Å². The molecule has 388 valence electrons. The molecule has 0 radical (unpaired) electrons. The largest absolute Gasteiger partial charge is 0.508 e. The molecular weight excluding hydrogens is 962 g/mol. The van der Waals surface area contributed by atoms with Gasteiger partial charge in [0.15, 0.2) is 5.67 Å². The Bertz CT molecular complexity index is 2600. The van der Waals surface area contributed by atoms with Crippen molar-refractivity contribution in [2.75, 3.05) is 47.4 Å². The lowest BCUT2D eigenvalue weighted by molar-refractivity contribution is -0.156. The maximum atomic E-state index is 16.4. The van der Waals surface area contributed by atoms with Crippen LogP contribution in [0, 0.1) is 11.3 Å². The number of likely N-dealkylation sites (N-methyl/N-ethyl adjacent to an activating group) is 1.